The fraction of sp³-hybridized carbons (Fsp3) is 0.600. The summed E-state index contributed by atoms with van der Waals surface area (Å²) in [4.78, 5) is 2.50. The molecule has 2 N–H and O–H groups in total. The second-order valence-electron chi connectivity index (χ2n) is 5.02. The Morgan fingerprint density at radius 2 is 2.05 bits per heavy atom. The molecule has 0 saturated carbocycles. The standard InChI is InChI=1S/C15H23ClN2O/c16-14-6-3-5-13(7-8-17)15(14)19-12-4-11-18-9-1-2-10-18/h3,5-6H,1-2,4,7-12,17H2. The number of benzene rings is 1. The molecule has 1 aromatic carbocycles. The number of para-hydroxylation sites is 1. The third-order valence-corrected chi connectivity index (χ3v) is 3.82. The molecular formula is C15H23ClN2O. The average molecular weight is 283 g/mol. The number of hydrogen-bond acceptors (Lipinski definition) is 3. The Labute approximate surface area is 120 Å². The average Bonchev–Trinajstić information content (AvgIpc) is 2.90. The van der Waals surface area contributed by atoms with Crippen LogP contribution in [0.1, 0.15) is 24.8 Å². The first-order chi connectivity index (χ1) is 9.31. The van der Waals surface area contributed by atoms with Crippen LogP contribution < -0.4 is 10.5 Å². The van der Waals surface area contributed by atoms with Crippen molar-refractivity contribution >= 4 is 11.6 Å². The van der Waals surface area contributed by atoms with Gasteiger partial charge < -0.3 is 15.4 Å². The summed E-state index contributed by atoms with van der Waals surface area (Å²) in [6, 6.07) is 5.86. The Kier molecular flexibility index (Phi) is 5.95. The van der Waals surface area contributed by atoms with E-state index in [4.69, 9.17) is 22.1 Å². The zero-order valence-corrected chi connectivity index (χ0v) is 12.2. The van der Waals surface area contributed by atoms with Crippen molar-refractivity contribution in [3.63, 3.8) is 0 Å². The fourth-order valence-electron chi connectivity index (χ4n) is 2.54. The molecule has 0 bridgehead atoms. The minimum absolute atomic E-state index is 0.616. The summed E-state index contributed by atoms with van der Waals surface area (Å²) < 4.78 is 5.87. The topological polar surface area (TPSA) is 38.5 Å². The molecule has 3 nitrogen and oxygen atoms in total. The van der Waals surface area contributed by atoms with E-state index in [9.17, 15) is 0 Å². The van der Waals surface area contributed by atoms with Crippen LogP contribution in [0.4, 0.5) is 0 Å². The number of rotatable bonds is 7. The smallest absolute Gasteiger partial charge is 0.141 e. The van der Waals surface area contributed by atoms with Gasteiger partial charge in [-0.3, -0.25) is 0 Å². The van der Waals surface area contributed by atoms with E-state index in [1.807, 2.05) is 18.2 Å². The minimum atomic E-state index is 0.616. The summed E-state index contributed by atoms with van der Waals surface area (Å²) >= 11 is 6.19. The molecule has 19 heavy (non-hydrogen) atoms. The van der Waals surface area contributed by atoms with Gasteiger partial charge >= 0.3 is 0 Å². The summed E-state index contributed by atoms with van der Waals surface area (Å²) in [5.41, 5.74) is 6.72. The Bertz CT molecular complexity index is 392. The van der Waals surface area contributed by atoms with Gasteiger partial charge in [0.1, 0.15) is 5.75 Å². The van der Waals surface area contributed by atoms with Crippen molar-refractivity contribution in [2.24, 2.45) is 5.73 Å². The van der Waals surface area contributed by atoms with E-state index < -0.39 is 0 Å². The van der Waals surface area contributed by atoms with E-state index in [-0.39, 0.29) is 0 Å². The molecule has 0 aromatic heterocycles. The Morgan fingerprint density at radius 3 is 2.79 bits per heavy atom. The molecule has 2 rings (SSSR count). The van der Waals surface area contributed by atoms with Gasteiger partial charge in [0.05, 0.1) is 11.6 Å². The van der Waals surface area contributed by atoms with Gasteiger partial charge in [-0.2, -0.15) is 0 Å². The molecule has 0 unspecified atom stereocenters. The first kappa shape index (κ1) is 14.6. The zero-order valence-electron chi connectivity index (χ0n) is 11.4. The van der Waals surface area contributed by atoms with Crippen LogP contribution in [-0.4, -0.2) is 37.7 Å². The number of nitrogens with zero attached hydrogens (tertiary/aromatic N) is 1. The zero-order chi connectivity index (χ0) is 13.5. The van der Waals surface area contributed by atoms with Gasteiger partial charge in [-0.1, -0.05) is 23.7 Å². The van der Waals surface area contributed by atoms with Crippen molar-refractivity contribution in [3.8, 4) is 5.75 Å². The molecule has 1 saturated heterocycles. The molecule has 0 aliphatic carbocycles. The normalized spacial score (nSPS) is 15.9. The SMILES string of the molecule is NCCc1cccc(Cl)c1OCCCN1CCCC1. The number of hydrogen-bond donors (Lipinski definition) is 1. The van der Waals surface area contributed by atoms with Crippen molar-refractivity contribution in [3.05, 3.63) is 28.8 Å². The molecule has 0 radical (unpaired) electrons. The van der Waals surface area contributed by atoms with Crippen LogP contribution in [0.5, 0.6) is 5.75 Å². The van der Waals surface area contributed by atoms with Crippen molar-refractivity contribution in [1.29, 1.82) is 0 Å². The summed E-state index contributed by atoms with van der Waals surface area (Å²) in [7, 11) is 0. The number of nitrogens with two attached hydrogens (primary N) is 1. The largest absolute Gasteiger partial charge is 0.492 e. The highest BCUT2D eigenvalue weighted by Crippen LogP contribution is 2.29. The van der Waals surface area contributed by atoms with E-state index in [1.165, 1.54) is 25.9 Å². The van der Waals surface area contributed by atoms with Crippen molar-refractivity contribution in [2.75, 3.05) is 32.8 Å². The number of ether oxygens (including phenoxy) is 1. The predicted molar refractivity (Wildman–Crippen MR) is 80.0 cm³/mol. The van der Waals surface area contributed by atoms with E-state index >= 15 is 0 Å². The lowest BCUT2D eigenvalue weighted by Crippen LogP contribution is -2.22. The molecule has 0 spiro atoms. The first-order valence-electron chi connectivity index (χ1n) is 7.14. The van der Waals surface area contributed by atoms with Crippen LogP contribution in [0.15, 0.2) is 18.2 Å². The molecule has 4 heteroatoms. The van der Waals surface area contributed by atoms with Gasteiger partial charge in [-0.25, -0.2) is 0 Å². The lowest BCUT2D eigenvalue weighted by molar-refractivity contribution is 0.262. The molecular weight excluding hydrogens is 260 g/mol. The van der Waals surface area contributed by atoms with Crippen LogP contribution in [0.3, 0.4) is 0 Å². The monoisotopic (exact) mass is 282 g/mol. The lowest BCUT2D eigenvalue weighted by atomic mass is 10.1. The van der Waals surface area contributed by atoms with E-state index in [2.05, 4.69) is 4.90 Å². The van der Waals surface area contributed by atoms with Crippen molar-refractivity contribution < 1.29 is 4.74 Å². The third kappa shape index (κ3) is 4.37. The van der Waals surface area contributed by atoms with Crippen LogP contribution in [-0.2, 0) is 6.42 Å². The quantitative estimate of drug-likeness (QED) is 0.782. The van der Waals surface area contributed by atoms with Gasteiger partial charge in [0.25, 0.3) is 0 Å². The molecule has 1 heterocycles. The van der Waals surface area contributed by atoms with Gasteiger partial charge in [-0.15, -0.1) is 0 Å². The van der Waals surface area contributed by atoms with Crippen molar-refractivity contribution in [1.82, 2.24) is 4.90 Å². The Balaban J connectivity index is 1.80. The van der Waals surface area contributed by atoms with Crippen molar-refractivity contribution in [2.45, 2.75) is 25.7 Å². The van der Waals surface area contributed by atoms with Crippen LogP contribution >= 0.6 is 11.6 Å². The van der Waals surface area contributed by atoms with Crippen LogP contribution in [0.25, 0.3) is 0 Å². The van der Waals surface area contributed by atoms with E-state index in [1.54, 1.807) is 0 Å². The first-order valence-corrected chi connectivity index (χ1v) is 7.51. The van der Waals surface area contributed by atoms with Gasteiger partial charge in [-0.05, 0) is 56.9 Å². The Morgan fingerprint density at radius 1 is 1.26 bits per heavy atom. The summed E-state index contributed by atoms with van der Waals surface area (Å²) in [6.45, 7) is 4.94. The van der Waals surface area contributed by atoms with Crippen LogP contribution in [0.2, 0.25) is 5.02 Å². The summed E-state index contributed by atoms with van der Waals surface area (Å²) in [5.74, 6) is 0.816. The van der Waals surface area contributed by atoms with Gasteiger partial charge in [0, 0.05) is 6.54 Å². The fourth-order valence-corrected chi connectivity index (χ4v) is 2.78. The predicted octanol–water partition coefficient (Wildman–Crippen LogP) is 2.71. The Hall–Kier alpha value is -0.770. The van der Waals surface area contributed by atoms with E-state index in [0.717, 1.165) is 37.3 Å². The highest BCUT2D eigenvalue weighted by atomic mass is 35.5. The summed E-state index contributed by atoms with van der Waals surface area (Å²) in [6.07, 6.45) is 4.54. The maximum absolute atomic E-state index is 6.19. The van der Waals surface area contributed by atoms with Gasteiger partial charge in [0.2, 0.25) is 0 Å². The molecule has 1 fully saturated rings. The third-order valence-electron chi connectivity index (χ3n) is 3.53. The minimum Gasteiger partial charge on any atom is -0.492 e. The lowest BCUT2D eigenvalue weighted by Gasteiger charge is -2.16. The highest BCUT2D eigenvalue weighted by molar-refractivity contribution is 6.32. The second kappa shape index (κ2) is 7.73. The number of halogens is 1. The van der Waals surface area contributed by atoms with Gasteiger partial charge in [0.15, 0.2) is 0 Å². The highest BCUT2D eigenvalue weighted by Gasteiger charge is 2.11. The molecule has 1 aliphatic heterocycles. The molecule has 1 aliphatic rings. The maximum atomic E-state index is 6.19. The summed E-state index contributed by atoms with van der Waals surface area (Å²) in [5, 5.41) is 0.687. The maximum Gasteiger partial charge on any atom is 0.141 e. The molecule has 1 aromatic rings. The molecule has 0 atom stereocenters. The van der Waals surface area contributed by atoms with E-state index in [0.29, 0.717) is 11.6 Å². The number of likely N-dealkylation sites (tertiary alicyclic amines) is 1. The van der Waals surface area contributed by atoms with Crippen LogP contribution in [0, 0.1) is 0 Å². The molecule has 0 amide bonds. The second-order valence-corrected chi connectivity index (χ2v) is 5.42. The molecule has 106 valence electrons.